The molecule has 1 aromatic carbocycles. The number of nitrogens with zero attached hydrogens (tertiary/aromatic N) is 4. The van der Waals surface area contributed by atoms with Crippen LogP contribution in [0.25, 0.3) is 28.4 Å². The van der Waals surface area contributed by atoms with Gasteiger partial charge in [-0.1, -0.05) is 0 Å². The zero-order valence-electron chi connectivity index (χ0n) is 13.1. The second kappa shape index (κ2) is 5.93. The summed E-state index contributed by atoms with van der Waals surface area (Å²) in [7, 11) is 3.23. The molecule has 120 valence electrons. The van der Waals surface area contributed by atoms with Gasteiger partial charge >= 0.3 is 0 Å². The summed E-state index contributed by atoms with van der Waals surface area (Å²) in [5.41, 5.74) is 2.83. The van der Waals surface area contributed by atoms with E-state index in [2.05, 4.69) is 26.5 Å². The third-order valence-electron chi connectivity index (χ3n) is 3.71. The first-order valence-electron chi connectivity index (χ1n) is 7.27. The molecule has 0 spiro atoms. The summed E-state index contributed by atoms with van der Waals surface area (Å²) in [5.74, 6) is 2.48. The Labute approximate surface area is 142 Å². The van der Waals surface area contributed by atoms with Crippen molar-refractivity contribution in [2.75, 3.05) is 14.2 Å². The van der Waals surface area contributed by atoms with Crippen LogP contribution in [0.1, 0.15) is 0 Å². The highest BCUT2D eigenvalue weighted by Crippen LogP contribution is 2.32. The number of hydrogen-bond acceptors (Lipinski definition) is 6. The Morgan fingerprint density at radius 1 is 1.08 bits per heavy atom. The minimum Gasteiger partial charge on any atom is -0.497 e. The maximum atomic E-state index is 5.45. The highest BCUT2D eigenvalue weighted by molar-refractivity contribution is 7.08. The van der Waals surface area contributed by atoms with Gasteiger partial charge in [0.15, 0.2) is 5.82 Å². The van der Waals surface area contributed by atoms with Gasteiger partial charge in [0.05, 0.1) is 25.5 Å². The van der Waals surface area contributed by atoms with Crippen LogP contribution in [0.4, 0.5) is 0 Å². The molecule has 0 aliphatic rings. The normalized spacial score (nSPS) is 10.9. The third kappa shape index (κ3) is 2.39. The molecule has 0 radical (unpaired) electrons. The van der Waals surface area contributed by atoms with Crippen LogP contribution in [0.15, 0.2) is 47.3 Å². The molecule has 3 heterocycles. The van der Waals surface area contributed by atoms with E-state index in [0.29, 0.717) is 17.4 Å². The lowest BCUT2D eigenvalue weighted by Gasteiger charge is -2.07. The lowest BCUT2D eigenvalue weighted by atomic mass is 10.2. The SMILES string of the molecule is COc1ccc(-c2nc3nccc(-c4ccsc4)n3n2)c(OC)c1. The standard InChI is InChI=1S/C17H14N4O2S/c1-22-12-3-4-13(15(9-12)23-2)16-19-17-18-7-5-14(21(17)20-16)11-6-8-24-10-11/h3-10H,1-2H3. The third-order valence-corrected chi connectivity index (χ3v) is 4.39. The number of rotatable bonds is 4. The fourth-order valence-corrected chi connectivity index (χ4v) is 3.17. The van der Waals surface area contributed by atoms with Crippen molar-refractivity contribution < 1.29 is 9.47 Å². The van der Waals surface area contributed by atoms with Gasteiger partial charge in [-0.2, -0.15) is 20.8 Å². The van der Waals surface area contributed by atoms with Crippen molar-refractivity contribution in [1.82, 2.24) is 19.6 Å². The van der Waals surface area contributed by atoms with Crippen molar-refractivity contribution >= 4 is 17.1 Å². The number of fused-ring (bicyclic) bond motifs is 1. The Morgan fingerprint density at radius 3 is 2.75 bits per heavy atom. The molecule has 3 aromatic heterocycles. The molecule has 0 aliphatic heterocycles. The van der Waals surface area contributed by atoms with Gasteiger partial charge in [-0.3, -0.25) is 0 Å². The first kappa shape index (κ1) is 14.6. The summed E-state index contributed by atoms with van der Waals surface area (Å²) in [6, 6.07) is 9.54. The van der Waals surface area contributed by atoms with Crippen molar-refractivity contribution in [2.45, 2.75) is 0 Å². The van der Waals surface area contributed by atoms with Crippen LogP contribution in [0, 0.1) is 0 Å². The second-order valence-electron chi connectivity index (χ2n) is 5.06. The monoisotopic (exact) mass is 338 g/mol. The van der Waals surface area contributed by atoms with Crippen LogP contribution in [-0.2, 0) is 0 Å². The highest BCUT2D eigenvalue weighted by atomic mass is 32.1. The Kier molecular flexibility index (Phi) is 3.62. The average molecular weight is 338 g/mol. The molecule has 4 rings (SSSR count). The van der Waals surface area contributed by atoms with E-state index in [1.165, 1.54) is 0 Å². The molecule has 0 saturated heterocycles. The number of ether oxygens (including phenoxy) is 2. The van der Waals surface area contributed by atoms with E-state index in [9.17, 15) is 0 Å². The largest absolute Gasteiger partial charge is 0.497 e. The molecule has 24 heavy (non-hydrogen) atoms. The van der Waals surface area contributed by atoms with E-state index >= 15 is 0 Å². The Balaban J connectivity index is 1.89. The van der Waals surface area contributed by atoms with Gasteiger partial charge in [0.1, 0.15) is 11.5 Å². The van der Waals surface area contributed by atoms with E-state index < -0.39 is 0 Å². The number of thiophene rings is 1. The van der Waals surface area contributed by atoms with Gasteiger partial charge in [0, 0.05) is 23.2 Å². The van der Waals surface area contributed by atoms with Crippen molar-refractivity contribution in [3.05, 3.63) is 47.3 Å². The molecule has 0 fully saturated rings. The summed E-state index contributed by atoms with van der Waals surface area (Å²) in [6.45, 7) is 0. The molecule has 0 saturated carbocycles. The lowest BCUT2D eigenvalue weighted by molar-refractivity contribution is 0.395. The molecule has 4 aromatic rings. The molecule has 0 atom stereocenters. The molecule has 0 aliphatic carbocycles. The summed E-state index contributed by atoms with van der Waals surface area (Å²) in [4.78, 5) is 8.86. The van der Waals surface area contributed by atoms with Crippen LogP contribution < -0.4 is 9.47 Å². The zero-order valence-corrected chi connectivity index (χ0v) is 13.9. The molecule has 7 heteroatoms. The summed E-state index contributed by atoms with van der Waals surface area (Å²) >= 11 is 1.64. The molecule has 0 bridgehead atoms. The average Bonchev–Trinajstić information content (AvgIpc) is 3.30. The van der Waals surface area contributed by atoms with Gasteiger partial charge in [-0.15, -0.1) is 5.10 Å². The quantitative estimate of drug-likeness (QED) is 0.569. The van der Waals surface area contributed by atoms with E-state index in [-0.39, 0.29) is 0 Å². The van der Waals surface area contributed by atoms with Gasteiger partial charge in [-0.25, -0.2) is 4.98 Å². The van der Waals surface area contributed by atoms with Crippen molar-refractivity contribution in [3.8, 4) is 34.1 Å². The molecular weight excluding hydrogens is 324 g/mol. The second-order valence-corrected chi connectivity index (χ2v) is 5.84. The predicted octanol–water partition coefficient (Wildman–Crippen LogP) is 3.54. The predicted molar refractivity (Wildman–Crippen MR) is 92.6 cm³/mol. The van der Waals surface area contributed by atoms with Crippen molar-refractivity contribution in [3.63, 3.8) is 0 Å². The van der Waals surface area contributed by atoms with Gasteiger partial charge in [-0.05, 0) is 29.6 Å². The van der Waals surface area contributed by atoms with Crippen molar-refractivity contribution in [2.24, 2.45) is 0 Å². The van der Waals surface area contributed by atoms with Crippen LogP contribution in [0.2, 0.25) is 0 Å². The van der Waals surface area contributed by atoms with Crippen LogP contribution in [0.3, 0.4) is 0 Å². The first-order chi connectivity index (χ1) is 11.8. The van der Waals surface area contributed by atoms with E-state index in [4.69, 9.17) is 9.47 Å². The maximum Gasteiger partial charge on any atom is 0.253 e. The minimum atomic E-state index is 0.548. The minimum absolute atomic E-state index is 0.548. The van der Waals surface area contributed by atoms with E-state index in [1.807, 2.05) is 29.6 Å². The maximum absolute atomic E-state index is 5.45. The summed E-state index contributed by atoms with van der Waals surface area (Å²) in [6.07, 6.45) is 1.74. The molecule has 0 unspecified atom stereocenters. The fourth-order valence-electron chi connectivity index (χ4n) is 2.52. The smallest absolute Gasteiger partial charge is 0.253 e. The number of methoxy groups -OCH3 is 2. The number of benzene rings is 1. The van der Waals surface area contributed by atoms with E-state index in [1.54, 1.807) is 36.3 Å². The van der Waals surface area contributed by atoms with Crippen LogP contribution in [0.5, 0.6) is 11.5 Å². The summed E-state index contributed by atoms with van der Waals surface area (Å²) < 4.78 is 12.4. The summed E-state index contributed by atoms with van der Waals surface area (Å²) in [5, 5.41) is 8.74. The Hall–Kier alpha value is -2.93. The van der Waals surface area contributed by atoms with Crippen molar-refractivity contribution in [1.29, 1.82) is 0 Å². The molecular formula is C17H14N4O2S. The Bertz CT molecular complexity index is 995. The fraction of sp³-hybridized carbons (Fsp3) is 0.118. The highest BCUT2D eigenvalue weighted by Gasteiger charge is 2.15. The van der Waals surface area contributed by atoms with Gasteiger partial charge < -0.3 is 9.47 Å². The van der Waals surface area contributed by atoms with Gasteiger partial charge in [0.2, 0.25) is 0 Å². The van der Waals surface area contributed by atoms with Crippen LogP contribution >= 0.6 is 11.3 Å². The lowest BCUT2D eigenvalue weighted by Crippen LogP contribution is -1.95. The molecule has 0 amide bonds. The molecule has 0 N–H and O–H groups in total. The number of hydrogen-bond donors (Lipinski definition) is 0. The topological polar surface area (TPSA) is 61.5 Å². The van der Waals surface area contributed by atoms with Gasteiger partial charge in [0.25, 0.3) is 5.78 Å². The van der Waals surface area contributed by atoms with Crippen LogP contribution in [-0.4, -0.2) is 33.8 Å². The molecule has 6 nitrogen and oxygen atoms in total. The Morgan fingerprint density at radius 2 is 2.00 bits per heavy atom. The first-order valence-corrected chi connectivity index (χ1v) is 8.21. The zero-order chi connectivity index (χ0) is 16.5. The van der Waals surface area contributed by atoms with E-state index in [0.717, 1.165) is 22.6 Å². The number of aromatic nitrogens is 4.